The van der Waals surface area contributed by atoms with E-state index in [1.165, 1.54) is 12.1 Å². The van der Waals surface area contributed by atoms with Gasteiger partial charge in [-0.05, 0) is 31.2 Å². The summed E-state index contributed by atoms with van der Waals surface area (Å²) in [6, 6.07) is 6.12. The van der Waals surface area contributed by atoms with Crippen molar-refractivity contribution in [2.75, 3.05) is 19.8 Å². The van der Waals surface area contributed by atoms with Crippen molar-refractivity contribution in [3.63, 3.8) is 0 Å². The molecule has 5 heteroatoms. The van der Waals surface area contributed by atoms with Crippen LogP contribution < -0.4 is 10.6 Å². The Bertz CT molecular complexity index is 467. The van der Waals surface area contributed by atoms with E-state index in [9.17, 15) is 9.18 Å². The Morgan fingerprint density at radius 2 is 2.30 bits per heavy atom. The van der Waals surface area contributed by atoms with E-state index in [4.69, 9.17) is 4.74 Å². The number of nitrogens with one attached hydrogen (secondary N) is 2. The molecule has 1 amide bonds. The fraction of sp³-hybridized carbons (Fsp3) is 0.533. The highest BCUT2D eigenvalue weighted by atomic mass is 19.1. The fourth-order valence-corrected chi connectivity index (χ4v) is 2.46. The zero-order chi connectivity index (χ0) is 14.5. The Morgan fingerprint density at radius 3 is 3.00 bits per heavy atom. The molecule has 1 heterocycles. The topological polar surface area (TPSA) is 50.4 Å². The molecule has 1 aromatic carbocycles. The summed E-state index contributed by atoms with van der Waals surface area (Å²) in [5.41, 5.74) is 0.761. The van der Waals surface area contributed by atoms with E-state index < -0.39 is 0 Å². The molecule has 0 bridgehead atoms. The van der Waals surface area contributed by atoms with Crippen LogP contribution in [0.15, 0.2) is 24.3 Å². The van der Waals surface area contributed by atoms with E-state index in [0.717, 1.165) is 12.1 Å². The Morgan fingerprint density at radius 1 is 1.50 bits per heavy atom. The molecule has 1 aromatic rings. The smallest absolute Gasteiger partial charge is 0.227 e. The molecule has 0 aromatic heterocycles. The van der Waals surface area contributed by atoms with E-state index in [2.05, 4.69) is 10.6 Å². The van der Waals surface area contributed by atoms with Crippen molar-refractivity contribution in [1.29, 1.82) is 0 Å². The molecule has 110 valence electrons. The molecular formula is C15H21FN2O2. The number of carbonyl (C=O) groups is 1. The minimum absolute atomic E-state index is 0.0507. The normalized spacial score (nSPS) is 23.6. The SMILES string of the molecule is CCNC1COCC1C(=O)N[C@H](C)c1cccc(F)c1. The third-order valence-corrected chi connectivity index (χ3v) is 3.59. The van der Waals surface area contributed by atoms with Crippen molar-refractivity contribution in [3.8, 4) is 0 Å². The average Bonchev–Trinajstić information content (AvgIpc) is 2.87. The van der Waals surface area contributed by atoms with Gasteiger partial charge in [-0.2, -0.15) is 0 Å². The lowest BCUT2D eigenvalue weighted by Gasteiger charge is -2.21. The van der Waals surface area contributed by atoms with Crippen molar-refractivity contribution in [2.45, 2.75) is 25.9 Å². The van der Waals surface area contributed by atoms with Gasteiger partial charge in [0.25, 0.3) is 0 Å². The molecule has 2 N–H and O–H groups in total. The number of hydrogen-bond acceptors (Lipinski definition) is 3. The number of rotatable bonds is 5. The molecule has 1 saturated heterocycles. The van der Waals surface area contributed by atoms with E-state index in [-0.39, 0.29) is 29.7 Å². The van der Waals surface area contributed by atoms with Gasteiger partial charge in [-0.25, -0.2) is 4.39 Å². The number of carbonyl (C=O) groups excluding carboxylic acids is 1. The van der Waals surface area contributed by atoms with Crippen LogP contribution in [0.3, 0.4) is 0 Å². The second-order valence-electron chi connectivity index (χ2n) is 5.09. The first-order valence-electron chi connectivity index (χ1n) is 6.98. The number of likely N-dealkylation sites (N-methyl/N-ethyl adjacent to an activating group) is 1. The average molecular weight is 280 g/mol. The minimum atomic E-state index is -0.293. The van der Waals surface area contributed by atoms with Crippen LogP contribution in [-0.2, 0) is 9.53 Å². The maximum atomic E-state index is 13.2. The number of halogens is 1. The molecule has 3 atom stereocenters. The molecule has 1 fully saturated rings. The number of hydrogen-bond donors (Lipinski definition) is 2. The van der Waals surface area contributed by atoms with E-state index in [0.29, 0.717) is 13.2 Å². The third-order valence-electron chi connectivity index (χ3n) is 3.59. The fourth-order valence-electron chi connectivity index (χ4n) is 2.46. The van der Waals surface area contributed by atoms with Crippen LogP contribution >= 0.6 is 0 Å². The highest BCUT2D eigenvalue weighted by Gasteiger charge is 2.33. The van der Waals surface area contributed by atoms with E-state index in [1.54, 1.807) is 12.1 Å². The van der Waals surface area contributed by atoms with Crippen molar-refractivity contribution < 1.29 is 13.9 Å². The van der Waals surface area contributed by atoms with Gasteiger partial charge in [-0.3, -0.25) is 4.79 Å². The van der Waals surface area contributed by atoms with Crippen molar-refractivity contribution in [2.24, 2.45) is 5.92 Å². The molecule has 1 aliphatic rings. The van der Waals surface area contributed by atoms with Gasteiger partial charge in [-0.15, -0.1) is 0 Å². The van der Waals surface area contributed by atoms with Gasteiger partial charge < -0.3 is 15.4 Å². The third kappa shape index (κ3) is 3.55. The van der Waals surface area contributed by atoms with Crippen molar-refractivity contribution >= 4 is 5.91 Å². The maximum absolute atomic E-state index is 13.2. The molecule has 2 rings (SSSR count). The van der Waals surface area contributed by atoms with Crippen LogP contribution in [0, 0.1) is 11.7 Å². The maximum Gasteiger partial charge on any atom is 0.227 e. The van der Waals surface area contributed by atoms with Crippen LogP contribution in [0.5, 0.6) is 0 Å². The van der Waals surface area contributed by atoms with Gasteiger partial charge in [0.1, 0.15) is 5.82 Å². The van der Waals surface area contributed by atoms with Crippen molar-refractivity contribution in [1.82, 2.24) is 10.6 Å². The van der Waals surface area contributed by atoms with Gasteiger partial charge in [0.05, 0.1) is 25.2 Å². The first-order chi connectivity index (χ1) is 9.61. The molecule has 20 heavy (non-hydrogen) atoms. The second kappa shape index (κ2) is 6.81. The summed E-state index contributed by atoms with van der Waals surface area (Å²) < 4.78 is 18.6. The highest BCUT2D eigenvalue weighted by molar-refractivity contribution is 5.80. The quantitative estimate of drug-likeness (QED) is 0.862. The summed E-state index contributed by atoms with van der Waals surface area (Å²) >= 11 is 0. The molecule has 1 aliphatic heterocycles. The van der Waals surface area contributed by atoms with Gasteiger partial charge in [-0.1, -0.05) is 19.1 Å². The van der Waals surface area contributed by atoms with Crippen LogP contribution in [0.4, 0.5) is 4.39 Å². The standard InChI is InChI=1S/C15H21FN2O2/c1-3-17-14-9-20-8-13(14)15(19)18-10(2)11-5-4-6-12(16)7-11/h4-7,10,13-14,17H,3,8-9H2,1-2H3,(H,18,19)/t10-,13?,14?/m1/s1. The van der Waals surface area contributed by atoms with Crippen LogP contribution in [0.2, 0.25) is 0 Å². The summed E-state index contributed by atoms with van der Waals surface area (Å²) in [7, 11) is 0. The first kappa shape index (κ1) is 14.9. The van der Waals surface area contributed by atoms with Crippen LogP contribution in [0.25, 0.3) is 0 Å². The van der Waals surface area contributed by atoms with E-state index in [1.807, 2.05) is 13.8 Å². The highest BCUT2D eigenvalue weighted by Crippen LogP contribution is 2.18. The predicted molar refractivity (Wildman–Crippen MR) is 74.7 cm³/mol. The zero-order valence-corrected chi connectivity index (χ0v) is 11.9. The predicted octanol–water partition coefficient (Wildman–Crippen LogP) is 1.63. The number of ether oxygens (including phenoxy) is 1. The van der Waals surface area contributed by atoms with Gasteiger partial charge >= 0.3 is 0 Å². The number of amides is 1. The van der Waals surface area contributed by atoms with Gasteiger partial charge in [0.15, 0.2) is 0 Å². The largest absolute Gasteiger partial charge is 0.379 e. The number of benzene rings is 1. The Balaban J connectivity index is 1.97. The molecule has 0 saturated carbocycles. The molecule has 0 radical (unpaired) electrons. The second-order valence-corrected chi connectivity index (χ2v) is 5.09. The molecule has 4 nitrogen and oxygen atoms in total. The summed E-state index contributed by atoms with van der Waals surface area (Å²) in [5.74, 6) is -0.533. The molecular weight excluding hydrogens is 259 g/mol. The van der Waals surface area contributed by atoms with Crippen LogP contribution in [-0.4, -0.2) is 31.7 Å². The van der Waals surface area contributed by atoms with Gasteiger partial charge in [0, 0.05) is 6.04 Å². The lowest BCUT2D eigenvalue weighted by atomic mass is 10.0. The Labute approximate surface area is 118 Å². The molecule has 0 spiro atoms. The zero-order valence-electron chi connectivity index (χ0n) is 11.9. The first-order valence-corrected chi connectivity index (χ1v) is 6.98. The monoisotopic (exact) mass is 280 g/mol. The van der Waals surface area contributed by atoms with Gasteiger partial charge in [0.2, 0.25) is 5.91 Å². The summed E-state index contributed by atoms with van der Waals surface area (Å²) in [4.78, 5) is 12.3. The summed E-state index contributed by atoms with van der Waals surface area (Å²) in [5, 5.41) is 6.18. The lowest BCUT2D eigenvalue weighted by molar-refractivity contribution is -0.126. The van der Waals surface area contributed by atoms with Crippen molar-refractivity contribution in [3.05, 3.63) is 35.6 Å². The van der Waals surface area contributed by atoms with E-state index >= 15 is 0 Å². The summed E-state index contributed by atoms with van der Waals surface area (Å²) in [6.45, 7) is 5.64. The Kier molecular flexibility index (Phi) is 5.09. The lowest BCUT2D eigenvalue weighted by Crippen LogP contribution is -2.44. The van der Waals surface area contributed by atoms with Crippen LogP contribution in [0.1, 0.15) is 25.5 Å². The summed E-state index contributed by atoms with van der Waals surface area (Å²) in [6.07, 6.45) is 0. The molecule has 0 aliphatic carbocycles. The molecule has 2 unspecified atom stereocenters. The minimum Gasteiger partial charge on any atom is -0.379 e. The Hall–Kier alpha value is -1.46.